The average molecular weight is 394 g/mol. The molecule has 1 saturated heterocycles. The second-order valence-corrected chi connectivity index (χ2v) is 9.36. The average Bonchev–Trinajstić information content (AvgIpc) is 3.30. The lowest BCUT2D eigenvalue weighted by molar-refractivity contribution is 0.222. The summed E-state index contributed by atoms with van der Waals surface area (Å²) in [6.45, 7) is 3.47. The summed E-state index contributed by atoms with van der Waals surface area (Å²) in [6.07, 6.45) is 9.83. The van der Waals surface area contributed by atoms with Crippen LogP contribution in [0.5, 0.6) is 0 Å². The topological polar surface area (TPSA) is 45.2 Å². The Hall–Kier alpha value is -2.05. The van der Waals surface area contributed by atoms with Gasteiger partial charge in [-0.05, 0) is 75.9 Å². The summed E-state index contributed by atoms with van der Waals surface area (Å²) in [5.74, 6) is 2.65. The molecule has 2 aliphatic rings. The van der Waals surface area contributed by atoms with Crippen molar-refractivity contribution in [2.24, 2.45) is 5.92 Å². The lowest BCUT2D eigenvalue weighted by Crippen LogP contribution is -2.36. The van der Waals surface area contributed by atoms with E-state index in [4.69, 9.17) is 9.97 Å². The Balaban J connectivity index is 1.55. The van der Waals surface area contributed by atoms with E-state index in [-0.39, 0.29) is 0 Å². The third kappa shape index (κ3) is 3.29. The van der Waals surface area contributed by atoms with Crippen LogP contribution in [0.3, 0.4) is 0 Å². The van der Waals surface area contributed by atoms with Crippen LogP contribution in [0.15, 0.2) is 24.5 Å². The number of hydrogen-bond acceptors (Lipinski definition) is 6. The van der Waals surface area contributed by atoms with Crippen molar-refractivity contribution in [1.82, 2.24) is 19.9 Å². The fourth-order valence-electron chi connectivity index (χ4n) is 4.60. The van der Waals surface area contributed by atoms with Crippen LogP contribution in [0.25, 0.3) is 21.6 Å². The Morgan fingerprint density at radius 3 is 2.86 bits per heavy atom. The molecule has 5 nitrogen and oxygen atoms in total. The van der Waals surface area contributed by atoms with Gasteiger partial charge >= 0.3 is 0 Å². The normalized spacial score (nSPS) is 17.9. The molecule has 0 unspecified atom stereocenters. The van der Waals surface area contributed by atoms with Crippen molar-refractivity contribution in [1.29, 1.82) is 0 Å². The molecule has 0 aromatic carbocycles. The number of pyridine rings is 1. The highest BCUT2D eigenvalue weighted by molar-refractivity contribution is 7.19. The number of hydrogen-bond donors (Lipinski definition) is 0. The highest BCUT2D eigenvalue weighted by Crippen LogP contribution is 2.41. The molecular weight excluding hydrogens is 366 g/mol. The SMILES string of the molecule is CN1CCC(CN(C)c2nc(-c3cccnc3)nc3sc4c(c23)CCC4)CC1. The fourth-order valence-corrected chi connectivity index (χ4v) is 5.85. The maximum atomic E-state index is 5.07. The van der Waals surface area contributed by atoms with Gasteiger partial charge in [0.2, 0.25) is 0 Å². The van der Waals surface area contributed by atoms with Gasteiger partial charge in [0.25, 0.3) is 0 Å². The lowest BCUT2D eigenvalue weighted by Gasteiger charge is -2.32. The fraction of sp³-hybridized carbons (Fsp3) is 0.500. The first kappa shape index (κ1) is 18.0. The first-order valence-corrected chi connectivity index (χ1v) is 11.1. The van der Waals surface area contributed by atoms with Gasteiger partial charge in [-0.15, -0.1) is 11.3 Å². The van der Waals surface area contributed by atoms with E-state index in [0.29, 0.717) is 0 Å². The predicted octanol–water partition coefficient (Wildman–Crippen LogP) is 4.02. The van der Waals surface area contributed by atoms with E-state index in [0.717, 1.165) is 34.5 Å². The number of rotatable bonds is 4. The van der Waals surface area contributed by atoms with Gasteiger partial charge in [-0.1, -0.05) is 0 Å². The minimum Gasteiger partial charge on any atom is -0.359 e. The third-order valence-corrected chi connectivity index (χ3v) is 7.38. The second kappa shape index (κ2) is 7.41. The number of piperidine rings is 1. The molecule has 0 saturated carbocycles. The molecule has 0 atom stereocenters. The van der Waals surface area contributed by atoms with Crippen LogP contribution in [-0.2, 0) is 12.8 Å². The molecule has 1 aliphatic heterocycles. The van der Waals surface area contributed by atoms with Gasteiger partial charge < -0.3 is 9.80 Å². The molecule has 0 amide bonds. The Morgan fingerprint density at radius 2 is 2.07 bits per heavy atom. The molecule has 4 heterocycles. The minimum atomic E-state index is 0.736. The molecule has 1 aliphatic carbocycles. The molecule has 1 fully saturated rings. The number of anilines is 1. The maximum Gasteiger partial charge on any atom is 0.164 e. The summed E-state index contributed by atoms with van der Waals surface area (Å²) in [4.78, 5) is 21.8. The molecule has 0 spiro atoms. The number of nitrogens with zero attached hydrogens (tertiary/aromatic N) is 5. The maximum absolute atomic E-state index is 5.07. The first-order chi connectivity index (χ1) is 13.7. The lowest BCUT2D eigenvalue weighted by atomic mass is 9.96. The van der Waals surface area contributed by atoms with E-state index in [2.05, 4.69) is 34.9 Å². The zero-order chi connectivity index (χ0) is 19.1. The van der Waals surface area contributed by atoms with Crippen LogP contribution in [0.1, 0.15) is 29.7 Å². The molecule has 146 valence electrons. The largest absolute Gasteiger partial charge is 0.359 e. The molecule has 5 rings (SSSR count). The monoisotopic (exact) mass is 393 g/mol. The molecule has 3 aromatic heterocycles. The Morgan fingerprint density at radius 1 is 1.21 bits per heavy atom. The van der Waals surface area contributed by atoms with E-state index >= 15 is 0 Å². The number of fused-ring (bicyclic) bond motifs is 3. The van der Waals surface area contributed by atoms with Crippen molar-refractivity contribution >= 4 is 27.4 Å². The van der Waals surface area contributed by atoms with Gasteiger partial charge in [0.05, 0.1) is 5.39 Å². The van der Waals surface area contributed by atoms with Crippen molar-refractivity contribution < 1.29 is 0 Å². The molecule has 28 heavy (non-hydrogen) atoms. The molecule has 6 heteroatoms. The van der Waals surface area contributed by atoms with E-state index in [9.17, 15) is 0 Å². The van der Waals surface area contributed by atoms with Crippen LogP contribution in [0.2, 0.25) is 0 Å². The second-order valence-electron chi connectivity index (χ2n) is 8.28. The minimum absolute atomic E-state index is 0.736. The van der Waals surface area contributed by atoms with Crippen LogP contribution in [-0.4, -0.2) is 53.6 Å². The number of likely N-dealkylation sites (tertiary alicyclic amines) is 1. The summed E-state index contributed by atoms with van der Waals surface area (Å²) >= 11 is 1.87. The first-order valence-electron chi connectivity index (χ1n) is 10.3. The van der Waals surface area contributed by atoms with E-state index < -0.39 is 0 Å². The van der Waals surface area contributed by atoms with E-state index in [1.807, 2.05) is 23.6 Å². The Kier molecular flexibility index (Phi) is 4.77. The van der Waals surface area contributed by atoms with Crippen LogP contribution < -0.4 is 4.90 Å². The van der Waals surface area contributed by atoms with Crippen LogP contribution in [0, 0.1) is 5.92 Å². The highest BCUT2D eigenvalue weighted by atomic mass is 32.1. The zero-order valence-corrected chi connectivity index (χ0v) is 17.5. The standard InChI is InChI=1S/C22H27N5S/c1-26-11-8-15(9-12-26)14-27(2)21-19-17-6-3-7-18(17)28-22(19)25-20(24-21)16-5-4-10-23-13-16/h4-5,10,13,15H,3,6-9,11-12,14H2,1-2H3. The summed E-state index contributed by atoms with van der Waals surface area (Å²) in [7, 11) is 4.44. The van der Waals surface area contributed by atoms with Gasteiger partial charge in [-0.2, -0.15) is 0 Å². The van der Waals surface area contributed by atoms with Crippen molar-refractivity contribution in [3.63, 3.8) is 0 Å². The summed E-state index contributed by atoms with van der Waals surface area (Å²) in [5.41, 5.74) is 2.50. The smallest absolute Gasteiger partial charge is 0.164 e. The Bertz CT molecular complexity index is 976. The molecular formula is C22H27N5S. The van der Waals surface area contributed by atoms with Crippen molar-refractivity contribution in [2.45, 2.75) is 32.1 Å². The number of thiophene rings is 1. The molecule has 0 radical (unpaired) electrons. The number of aromatic nitrogens is 3. The Labute approximate surface area is 170 Å². The van der Waals surface area contributed by atoms with E-state index in [1.165, 1.54) is 61.0 Å². The predicted molar refractivity (Wildman–Crippen MR) is 116 cm³/mol. The summed E-state index contributed by atoms with van der Waals surface area (Å²) < 4.78 is 0. The van der Waals surface area contributed by atoms with Crippen LogP contribution in [0.4, 0.5) is 5.82 Å². The van der Waals surface area contributed by atoms with Gasteiger partial charge in [0.15, 0.2) is 5.82 Å². The molecule has 3 aromatic rings. The van der Waals surface area contributed by atoms with Crippen molar-refractivity contribution in [2.75, 3.05) is 38.6 Å². The van der Waals surface area contributed by atoms with Gasteiger partial charge in [0.1, 0.15) is 10.6 Å². The van der Waals surface area contributed by atoms with E-state index in [1.54, 1.807) is 6.20 Å². The quantitative estimate of drug-likeness (QED) is 0.670. The third-order valence-electron chi connectivity index (χ3n) is 6.20. The highest BCUT2D eigenvalue weighted by Gasteiger charge is 2.26. The summed E-state index contributed by atoms with van der Waals surface area (Å²) in [6, 6.07) is 4.01. The van der Waals surface area contributed by atoms with Crippen LogP contribution >= 0.6 is 11.3 Å². The van der Waals surface area contributed by atoms with Gasteiger partial charge in [-0.25, -0.2) is 9.97 Å². The van der Waals surface area contributed by atoms with Crippen molar-refractivity contribution in [3.8, 4) is 11.4 Å². The summed E-state index contributed by atoms with van der Waals surface area (Å²) in [5, 5.41) is 1.31. The molecule has 0 bridgehead atoms. The number of aryl methyl sites for hydroxylation is 2. The molecule has 0 N–H and O–H groups in total. The van der Waals surface area contributed by atoms with Crippen molar-refractivity contribution in [3.05, 3.63) is 35.0 Å². The van der Waals surface area contributed by atoms with Gasteiger partial charge in [0, 0.05) is 36.4 Å². The van der Waals surface area contributed by atoms with Gasteiger partial charge in [-0.3, -0.25) is 4.98 Å². The zero-order valence-electron chi connectivity index (χ0n) is 16.7.